The highest BCUT2D eigenvalue weighted by Crippen LogP contribution is 2.12. The zero-order chi connectivity index (χ0) is 11.1. The summed E-state index contributed by atoms with van der Waals surface area (Å²) in [5.74, 6) is -0.337. The molecule has 0 aliphatic heterocycles. The van der Waals surface area contributed by atoms with Gasteiger partial charge in [0, 0.05) is 10.9 Å². The number of hydrogen-bond donors (Lipinski definition) is 0. The van der Waals surface area contributed by atoms with Crippen molar-refractivity contribution in [1.82, 2.24) is 0 Å². The monoisotopic (exact) mass is 267 g/mol. The Kier molecular flexibility index (Phi) is 4.85. The van der Waals surface area contributed by atoms with Crippen molar-refractivity contribution in [3.8, 4) is 6.07 Å². The number of nitrogens with zero attached hydrogens (tertiary/aromatic N) is 1. The van der Waals surface area contributed by atoms with E-state index < -0.39 is 0 Å². The van der Waals surface area contributed by atoms with Crippen LogP contribution in [0.4, 0.5) is 0 Å². The number of carbonyl (C=O) groups excluding carboxylic acids is 1. The number of rotatable bonds is 4. The lowest BCUT2D eigenvalue weighted by molar-refractivity contribution is -0.144. The zero-order valence-corrected chi connectivity index (χ0v) is 9.66. The van der Waals surface area contributed by atoms with Crippen LogP contribution in [-0.4, -0.2) is 5.97 Å². The third-order valence-electron chi connectivity index (χ3n) is 1.73. The number of halogens is 1. The van der Waals surface area contributed by atoms with E-state index in [9.17, 15) is 4.79 Å². The standard InChI is InChI=1S/C11H10BrNO2/c12-10-4-1-3-9(7-10)8-15-11(14)5-2-6-13/h1,3-4,7H,2,5,8H2. The van der Waals surface area contributed by atoms with Gasteiger partial charge in [0.2, 0.25) is 0 Å². The van der Waals surface area contributed by atoms with Gasteiger partial charge in [0.25, 0.3) is 0 Å². The van der Waals surface area contributed by atoms with Crippen molar-refractivity contribution in [2.24, 2.45) is 0 Å². The van der Waals surface area contributed by atoms with E-state index in [2.05, 4.69) is 15.9 Å². The van der Waals surface area contributed by atoms with Crippen molar-refractivity contribution in [3.63, 3.8) is 0 Å². The van der Waals surface area contributed by atoms with Crippen LogP contribution < -0.4 is 0 Å². The molecular formula is C11H10BrNO2. The highest BCUT2D eigenvalue weighted by atomic mass is 79.9. The average Bonchev–Trinajstić information content (AvgIpc) is 2.23. The van der Waals surface area contributed by atoms with Crippen molar-refractivity contribution in [1.29, 1.82) is 5.26 Å². The first-order chi connectivity index (χ1) is 7.22. The van der Waals surface area contributed by atoms with Gasteiger partial charge in [0.15, 0.2) is 0 Å². The molecule has 0 aromatic heterocycles. The maximum Gasteiger partial charge on any atom is 0.307 e. The fourth-order valence-corrected chi connectivity index (χ4v) is 1.47. The van der Waals surface area contributed by atoms with Gasteiger partial charge >= 0.3 is 5.97 Å². The smallest absolute Gasteiger partial charge is 0.307 e. The molecule has 1 aromatic carbocycles. The summed E-state index contributed by atoms with van der Waals surface area (Å²) in [6, 6.07) is 9.44. The lowest BCUT2D eigenvalue weighted by Gasteiger charge is -2.03. The molecule has 78 valence electrons. The van der Waals surface area contributed by atoms with Gasteiger partial charge in [-0.15, -0.1) is 0 Å². The lowest BCUT2D eigenvalue weighted by Crippen LogP contribution is -2.03. The SMILES string of the molecule is N#CCCC(=O)OCc1cccc(Br)c1. The van der Waals surface area contributed by atoms with Crippen molar-refractivity contribution < 1.29 is 9.53 Å². The quantitative estimate of drug-likeness (QED) is 0.789. The van der Waals surface area contributed by atoms with Gasteiger partial charge in [-0.1, -0.05) is 28.1 Å². The molecule has 4 heteroatoms. The van der Waals surface area contributed by atoms with Crippen LogP contribution in [0.2, 0.25) is 0 Å². The second kappa shape index (κ2) is 6.20. The number of hydrogen-bond acceptors (Lipinski definition) is 3. The molecule has 0 unspecified atom stereocenters. The van der Waals surface area contributed by atoms with Gasteiger partial charge in [0.1, 0.15) is 6.61 Å². The number of carbonyl (C=O) groups is 1. The van der Waals surface area contributed by atoms with E-state index in [1.165, 1.54) is 0 Å². The normalized spacial score (nSPS) is 9.33. The minimum atomic E-state index is -0.337. The van der Waals surface area contributed by atoms with Crippen molar-refractivity contribution in [3.05, 3.63) is 34.3 Å². The Bertz CT molecular complexity index is 384. The van der Waals surface area contributed by atoms with Crippen LogP contribution in [0.3, 0.4) is 0 Å². The Balaban J connectivity index is 2.37. The van der Waals surface area contributed by atoms with E-state index in [-0.39, 0.29) is 25.4 Å². The van der Waals surface area contributed by atoms with Crippen LogP contribution in [0, 0.1) is 11.3 Å². The highest BCUT2D eigenvalue weighted by Gasteiger charge is 2.02. The maximum atomic E-state index is 11.1. The number of esters is 1. The molecule has 0 saturated heterocycles. The van der Waals surface area contributed by atoms with E-state index in [1.54, 1.807) is 0 Å². The average molecular weight is 268 g/mol. The predicted octanol–water partition coefficient (Wildman–Crippen LogP) is 2.80. The van der Waals surface area contributed by atoms with E-state index in [1.807, 2.05) is 30.3 Å². The van der Waals surface area contributed by atoms with Crippen LogP contribution in [0.15, 0.2) is 28.7 Å². The summed E-state index contributed by atoms with van der Waals surface area (Å²) in [5.41, 5.74) is 0.926. The molecule has 0 N–H and O–H groups in total. The topological polar surface area (TPSA) is 50.1 Å². The fourth-order valence-electron chi connectivity index (χ4n) is 1.02. The Labute approximate surface area is 96.8 Å². The largest absolute Gasteiger partial charge is 0.461 e. The Morgan fingerprint density at radius 2 is 2.33 bits per heavy atom. The molecule has 0 fully saturated rings. The van der Waals surface area contributed by atoms with Crippen LogP contribution in [0.5, 0.6) is 0 Å². The first-order valence-electron chi connectivity index (χ1n) is 4.49. The van der Waals surface area contributed by atoms with Crippen LogP contribution in [0.25, 0.3) is 0 Å². The third-order valence-corrected chi connectivity index (χ3v) is 2.22. The minimum absolute atomic E-state index is 0.157. The molecule has 0 heterocycles. The second-order valence-corrected chi connectivity index (χ2v) is 3.86. The molecule has 0 spiro atoms. The molecular weight excluding hydrogens is 258 g/mol. The van der Waals surface area contributed by atoms with Gasteiger partial charge in [-0.3, -0.25) is 4.79 Å². The van der Waals surface area contributed by atoms with Gasteiger partial charge in [-0.2, -0.15) is 5.26 Å². The Hall–Kier alpha value is -1.34. The third kappa shape index (κ3) is 4.61. The summed E-state index contributed by atoms with van der Waals surface area (Å²) in [6.45, 7) is 0.254. The van der Waals surface area contributed by atoms with Gasteiger partial charge in [0.05, 0.1) is 12.5 Å². The molecule has 0 aliphatic rings. The van der Waals surface area contributed by atoms with E-state index >= 15 is 0 Å². The van der Waals surface area contributed by atoms with Crippen LogP contribution in [-0.2, 0) is 16.1 Å². The number of ether oxygens (including phenoxy) is 1. The molecule has 3 nitrogen and oxygen atoms in total. The molecule has 0 radical (unpaired) electrons. The first-order valence-corrected chi connectivity index (χ1v) is 5.28. The summed E-state index contributed by atoms with van der Waals surface area (Å²) in [5, 5.41) is 8.27. The fraction of sp³-hybridized carbons (Fsp3) is 0.273. The summed E-state index contributed by atoms with van der Waals surface area (Å²) in [4.78, 5) is 11.1. The highest BCUT2D eigenvalue weighted by molar-refractivity contribution is 9.10. The van der Waals surface area contributed by atoms with Crippen molar-refractivity contribution >= 4 is 21.9 Å². The van der Waals surface area contributed by atoms with Gasteiger partial charge < -0.3 is 4.74 Å². The van der Waals surface area contributed by atoms with Crippen LogP contribution >= 0.6 is 15.9 Å². The summed E-state index contributed by atoms with van der Waals surface area (Å²) < 4.78 is 5.93. The minimum Gasteiger partial charge on any atom is -0.461 e. The summed E-state index contributed by atoms with van der Waals surface area (Å²) in [7, 11) is 0. The predicted molar refractivity (Wildman–Crippen MR) is 58.8 cm³/mol. The molecule has 0 amide bonds. The lowest BCUT2D eigenvalue weighted by atomic mass is 10.2. The van der Waals surface area contributed by atoms with Crippen molar-refractivity contribution in [2.45, 2.75) is 19.4 Å². The molecule has 0 bridgehead atoms. The molecule has 0 atom stereocenters. The number of nitriles is 1. The number of benzene rings is 1. The zero-order valence-electron chi connectivity index (χ0n) is 8.07. The van der Waals surface area contributed by atoms with Crippen LogP contribution in [0.1, 0.15) is 18.4 Å². The van der Waals surface area contributed by atoms with E-state index in [0.717, 1.165) is 10.0 Å². The second-order valence-electron chi connectivity index (χ2n) is 2.95. The van der Waals surface area contributed by atoms with Gasteiger partial charge in [-0.05, 0) is 17.7 Å². The summed E-state index contributed by atoms with van der Waals surface area (Å²) >= 11 is 3.33. The molecule has 0 aliphatic carbocycles. The molecule has 15 heavy (non-hydrogen) atoms. The molecule has 1 rings (SSSR count). The first kappa shape index (κ1) is 11.7. The van der Waals surface area contributed by atoms with E-state index in [4.69, 9.17) is 10.00 Å². The van der Waals surface area contributed by atoms with Gasteiger partial charge in [-0.25, -0.2) is 0 Å². The summed E-state index contributed by atoms with van der Waals surface area (Å²) in [6.07, 6.45) is 0.363. The maximum absolute atomic E-state index is 11.1. The van der Waals surface area contributed by atoms with Crippen molar-refractivity contribution in [2.75, 3.05) is 0 Å². The van der Waals surface area contributed by atoms with E-state index in [0.29, 0.717) is 0 Å². The molecule has 0 saturated carbocycles. The Morgan fingerprint density at radius 1 is 1.53 bits per heavy atom. The Morgan fingerprint density at radius 3 is 3.00 bits per heavy atom. The molecule has 1 aromatic rings.